The summed E-state index contributed by atoms with van der Waals surface area (Å²) in [5.74, 6) is -0.774. The molecular weight excluding hydrogens is 120 g/mol. The van der Waals surface area contributed by atoms with Crippen LogP contribution in [0.2, 0.25) is 0 Å². The van der Waals surface area contributed by atoms with E-state index in [-0.39, 0.29) is 6.42 Å². The van der Waals surface area contributed by atoms with Gasteiger partial charge < -0.3 is 5.11 Å². The maximum Gasteiger partial charge on any atom is 0.304 e. The highest BCUT2D eigenvalue weighted by Crippen LogP contribution is 1.74. The van der Waals surface area contributed by atoms with Gasteiger partial charge in [0.2, 0.25) is 0 Å². The number of nitrogens with one attached hydrogen (secondary N) is 1. The average Bonchev–Trinajstić information content (AvgIpc) is 1.63. The van der Waals surface area contributed by atoms with Gasteiger partial charge in [0.1, 0.15) is 0 Å². The third kappa shape index (κ3) is 7.39. The Bertz CT molecular complexity index is 93.0. The Morgan fingerprint density at radius 1 is 1.67 bits per heavy atom. The van der Waals surface area contributed by atoms with Crippen molar-refractivity contribution >= 4 is 5.97 Å². The van der Waals surface area contributed by atoms with Crippen LogP contribution in [0.15, 0.2) is 0 Å². The molecule has 54 valence electrons. The SMILES string of the molecule is CN(C)NCCC(=O)O. The van der Waals surface area contributed by atoms with E-state index in [9.17, 15) is 4.79 Å². The van der Waals surface area contributed by atoms with Gasteiger partial charge in [-0.15, -0.1) is 0 Å². The number of hydrogen-bond acceptors (Lipinski definition) is 3. The molecule has 0 atom stereocenters. The van der Waals surface area contributed by atoms with Crippen molar-refractivity contribution in [3.05, 3.63) is 0 Å². The molecule has 0 amide bonds. The molecule has 0 radical (unpaired) electrons. The minimum absolute atomic E-state index is 0.165. The van der Waals surface area contributed by atoms with E-state index in [1.54, 1.807) is 5.01 Å². The maximum atomic E-state index is 9.92. The third-order valence-corrected chi connectivity index (χ3v) is 0.767. The topological polar surface area (TPSA) is 52.6 Å². The average molecular weight is 132 g/mol. The van der Waals surface area contributed by atoms with Crippen LogP contribution in [0.5, 0.6) is 0 Å². The summed E-state index contributed by atoms with van der Waals surface area (Å²) in [6, 6.07) is 0. The Morgan fingerprint density at radius 3 is 2.56 bits per heavy atom. The molecule has 2 N–H and O–H groups in total. The molecule has 0 saturated carbocycles. The maximum absolute atomic E-state index is 9.92. The first-order valence-corrected chi connectivity index (χ1v) is 2.75. The largest absolute Gasteiger partial charge is 0.481 e. The summed E-state index contributed by atoms with van der Waals surface area (Å²) >= 11 is 0. The standard InChI is InChI=1S/C5H12N2O2/c1-7(2)6-4-3-5(8)9/h6H,3-4H2,1-2H3,(H,8,9). The molecule has 9 heavy (non-hydrogen) atoms. The van der Waals surface area contributed by atoms with Gasteiger partial charge in [-0.3, -0.25) is 15.2 Å². The first-order valence-electron chi connectivity index (χ1n) is 2.75. The van der Waals surface area contributed by atoms with Crippen LogP contribution in [0.3, 0.4) is 0 Å². The van der Waals surface area contributed by atoms with E-state index in [0.717, 1.165) is 0 Å². The molecule has 0 heterocycles. The van der Waals surface area contributed by atoms with Crippen molar-refractivity contribution in [2.75, 3.05) is 20.6 Å². The minimum atomic E-state index is -0.774. The summed E-state index contributed by atoms with van der Waals surface area (Å²) in [4.78, 5) is 9.92. The number of carbonyl (C=O) groups is 1. The molecule has 0 aliphatic rings. The predicted molar refractivity (Wildman–Crippen MR) is 33.9 cm³/mol. The van der Waals surface area contributed by atoms with Crippen molar-refractivity contribution in [3.63, 3.8) is 0 Å². The van der Waals surface area contributed by atoms with Crippen LogP contribution in [0.1, 0.15) is 6.42 Å². The Balaban J connectivity index is 3.01. The van der Waals surface area contributed by atoms with Crippen LogP contribution in [0.4, 0.5) is 0 Å². The predicted octanol–water partition coefficient (Wildman–Crippen LogP) is -0.473. The van der Waals surface area contributed by atoms with Gasteiger partial charge in [-0.1, -0.05) is 0 Å². The number of carboxylic acids is 1. The van der Waals surface area contributed by atoms with Crippen LogP contribution in [-0.2, 0) is 4.79 Å². The number of nitrogens with zero attached hydrogens (tertiary/aromatic N) is 1. The summed E-state index contributed by atoms with van der Waals surface area (Å²) in [5.41, 5.74) is 2.83. The Kier molecular flexibility index (Phi) is 4.00. The van der Waals surface area contributed by atoms with E-state index in [4.69, 9.17) is 5.11 Å². The van der Waals surface area contributed by atoms with Gasteiger partial charge in [0, 0.05) is 20.6 Å². The zero-order valence-electron chi connectivity index (χ0n) is 5.72. The van der Waals surface area contributed by atoms with Gasteiger partial charge in [0.25, 0.3) is 0 Å². The molecule has 0 aliphatic heterocycles. The van der Waals surface area contributed by atoms with E-state index < -0.39 is 5.97 Å². The summed E-state index contributed by atoms with van der Waals surface area (Å²) in [6.07, 6.45) is 0.165. The molecule has 4 heteroatoms. The number of rotatable bonds is 4. The van der Waals surface area contributed by atoms with Crippen LogP contribution >= 0.6 is 0 Å². The number of hydrazine groups is 1. The van der Waals surface area contributed by atoms with E-state index >= 15 is 0 Å². The lowest BCUT2D eigenvalue weighted by molar-refractivity contribution is -0.137. The smallest absolute Gasteiger partial charge is 0.304 e. The zero-order valence-corrected chi connectivity index (χ0v) is 5.72. The van der Waals surface area contributed by atoms with Gasteiger partial charge in [-0.2, -0.15) is 0 Å². The van der Waals surface area contributed by atoms with Crippen LogP contribution < -0.4 is 5.43 Å². The highest BCUT2D eigenvalue weighted by atomic mass is 16.4. The van der Waals surface area contributed by atoms with Crippen molar-refractivity contribution in [2.24, 2.45) is 0 Å². The van der Waals surface area contributed by atoms with Gasteiger partial charge in [0.05, 0.1) is 6.42 Å². The minimum Gasteiger partial charge on any atom is -0.481 e. The fraction of sp³-hybridized carbons (Fsp3) is 0.800. The summed E-state index contributed by atoms with van der Waals surface area (Å²) in [5, 5.41) is 9.89. The normalized spacial score (nSPS) is 10.1. The summed E-state index contributed by atoms with van der Waals surface area (Å²) in [6.45, 7) is 0.488. The molecular formula is C5H12N2O2. The molecule has 4 nitrogen and oxygen atoms in total. The third-order valence-electron chi connectivity index (χ3n) is 0.767. The second kappa shape index (κ2) is 4.29. The second-order valence-corrected chi connectivity index (χ2v) is 1.95. The first-order chi connectivity index (χ1) is 4.13. The lowest BCUT2D eigenvalue weighted by Gasteiger charge is -2.09. The van der Waals surface area contributed by atoms with Gasteiger partial charge in [-0.05, 0) is 0 Å². The molecule has 0 rings (SSSR count). The van der Waals surface area contributed by atoms with Crippen molar-refractivity contribution in [2.45, 2.75) is 6.42 Å². The van der Waals surface area contributed by atoms with Crippen LogP contribution in [0.25, 0.3) is 0 Å². The van der Waals surface area contributed by atoms with E-state index in [1.807, 2.05) is 14.1 Å². The number of aliphatic carboxylic acids is 1. The number of hydrogen-bond donors (Lipinski definition) is 2. The van der Waals surface area contributed by atoms with Crippen molar-refractivity contribution in [1.82, 2.24) is 10.4 Å². The quantitative estimate of drug-likeness (QED) is 0.508. The molecule has 0 aromatic heterocycles. The zero-order chi connectivity index (χ0) is 7.28. The molecule has 0 aromatic rings. The molecule has 0 bridgehead atoms. The van der Waals surface area contributed by atoms with E-state index in [0.29, 0.717) is 6.54 Å². The monoisotopic (exact) mass is 132 g/mol. The summed E-state index contributed by atoms with van der Waals surface area (Å²) < 4.78 is 0. The lowest BCUT2D eigenvalue weighted by Crippen LogP contribution is -2.32. The molecule has 0 saturated heterocycles. The molecule has 0 aliphatic carbocycles. The molecule has 0 unspecified atom stereocenters. The van der Waals surface area contributed by atoms with E-state index in [2.05, 4.69) is 5.43 Å². The van der Waals surface area contributed by atoms with Gasteiger partial charge >= 0.3 is 5.97 Å². The van der Waals surface area contributed by atoms with Crippen LogP contribution in [0, 0.1) is 0 Å². The second-order valence-electron chi connectivity index (χ2n) is 1.95. The van der Waals surface area contributed by atoms with E-state index in [1.165, 1.54) is 0 Å². The fourth-order valence-corrected chi connectivity index (χ4v) is 0.386. The van der Waals surface area contributed by atoms with Crippen molar-refractivity contribution < 1.29 is 9.90 Å². The Hall–Kier alpha value is -0.610. The Morgan fingerprint density at radius 2 is 2.22 bits per heavy atom. The Labute approximate surface area is 54.4 Å². The molecule has 0 spiro atoms. The van der Waals surface area contributed by atoms with Crippen molar-refractivity contribution in [1.29, 1.82) is 0 Å². The first kappa shape index (κ1) is 8.39. The number of carboxylic acid groups (broad SMARTS) is 1. The molecule has 0 fully saturated rings. The lowest BCUT2D eigenvalue weighted by atomic mass is 10.4. The highest BCUT2D eigenvalue weighted by Gasteiger charge is 1.94. The highest BCUT2D eigenvalue weighted by molar-refractivity contribution is 5.66. The van der Waals surface area contributed by atoms with Crippen LogP contribution in [-0.4, -0.2) is 36.7 Å². The van der Waals surface area contributed by atoms with Gasteiger partial charge in [-0.25, -0.2) is 0 Å². The van der Waals surface area contributed by atoms with Gasteiger partial charge in [0.15, 0.2) is 0 Å². The fourth-order valence-electron chi connectivity index (χ4n) is 0.386. The molecule has 0 aromatic carbocycles. The summed E-state index contributed by atoms with van der Waals surface area (Å²) in [7, 11) is 3.64. The van der Waals surface area contributed by atoms with Crippen molar-refractivity contribution in [3.8, 4) is 0 Å².